The van der Waals surface area contributed by atoms with Gasteiger partial charge in [-0.1, -0.05) is 41.5 Å². The van der Waals surface area contributed by atoms with Crippen LogP contribution >= 0.6 is 0 Å². The smallest absolute Gasteiger partial charge is 0.311 e. The number of hydrogen-bond donors (Lipinski definition) is 1. The molecule has 0 unspecified atom stereocenters. The summed E-state index contributed by atoms with van der Waals surface area (Å²) in [5, 5.41) is 7.49. The molecule has 1 aromatic carbocycles. The third kappa shape index (κ3) is 5.62. The van der Waals surface area contributed by atoms with E-state index in [-0.39, 0.29) is 16.8 Å². The number of nitrogens with one attached hydrogen (secondary N) is 1. The maximum Gasteiger partial charge on any atom is 0.311 e. The van der Waals surface area contributed by atoms with E-state index in [9.17, 15) is 4.79 Å². The van der Waals surface area contributed by atoms with Crippen LogP contribution in [0.4, 0.5) is 11.4 Å². The van der Waals surface area contributed by atoms with Gasteiger partial charge < -0.3 is 10.1 Å². The molecule has 0 saturated heterocycles. The van der Waals surface area contributed by atoms with E-state index in [2.05, 4.69) is 31.2 Å². The Morgan fingerprint density at radius 1 is 1.16 bits per heavy atom. The second-order valence-corrected chi connectivity index (χ2v) is 8.70. The first-order chi connectivity index (χ1) is 11.4. The second-order valence-electron chi connectivity index (χ2n) is 8.70. The maximum absolute atomic E-state index is 12.2. The molecule has 5 heteroatoms. The van der Waals surface area contributed by atoms with Crippen molar-refractivity contribution in [1.29, 1.82) is 0 Å². The minimum absolute atomic E-state index is 0.0964. The monoisotopic (exact) mass is 343 g/mol. The van der Waals surface area contributed by atoms with Gasteiger partial charge >= 0.3 is 5.97 Å². The first kappa shape index (κ1) is 19.0. The van der Waals surface area contributed by atoms with Gasteiger partial charge in [0.25, 0.3) is 0 Å². The van der Waals surface area contributed by atoms with Gasteiger partial charge in [0, 0.05) is 24.5 Å². The largest absolute Gasteiger partial charge is 0.426 e. The van der Waals surface area contributed by atoms with Crippen molar-refractivity contribution in [2.75, 3.05) is 5.32 Å². The van der Waals surface area contributed by atoms with Crippen LogP contribution in [0.3, 0.4) is 0 Å². The number of carbonyl (C=O) groups is 1. The number of aromatic nitrogens is 2. The van der Waals surface area contributed by atoms with Crippen LogP contribution in [0, 0.1) is 5.41 Å². The lowest BCUT2D eigenvalue weighted by atomic mass is 9.86. The van der Waals surface area contributed by atoms with Crippen LogP contribution in [0.1, 0.15) is 53.5 Å². The first-order valence-electron chi connectivity index (χ1n) is 8.55. The van der Waals surface area contributed by atoms with Crippen molar-refractivity contribution < 1.29 is 9.53 Å². The van der Waals surface area contributed by atoms with Gasteiger partial charge in [-0.25, -0.2) is 0 Å². The molecular formula is C20H29N3O2. The van der Waals surface area contributed by atoms with E-state index >= 15 is 0 Å². The van der Waals surface area contributed by atoms with Crippen LogP contribution in [0.5, 0.6) is 5.75 Å². The van der Waals surface area contributed by atoms with Crippen molar-refractivity contribution in [2.45, 2.75) is 53.4 Å². The first-order valence-corrected chi connectivity index (χ1v) is 8.55. The number of hydrogen-bond acceptors (Lipinski definition) is 4. The minimum Gasteiger partial charge on any atom is -0.426 e. The molecule has 1 aromatic heterocycles. The molecule has 25 heavy (non-hydrogen) atoms. The van der Waals surface area contributed by atoms with Crippen molar-refractivity contribution in [3.8, 4) is 5.75 Å². The zero-order valence-corrected chi connectivity index (χ0v) is 16.3. The van der Waals surface area contributed by atoms with Crippen LogP contribution in [-0.2, 0) is 17.3 Å². The molecule has 1 heterocycles. The predicted molar refractivity (Wildman–Crippen MR) is 101 cm³/mol. The summed E-state index contributed by atoms with van der Waals surface area (Å²) in [6.07, 6.45) is 4.06. The van der Waals surface area contributed by atoms with E-state index in [1.165, 1.54) is 0 Å². The number of esters is 1. The summed E-state index contributed by atoms with van der Waals surface area (Å²) in [6.45, 7) is 12.4. The molecule has 2 rings (SSSR count). The highest BCUT2D eigenvalue weighted by molar-refractivity contribution is 5.74. The molecule has 0 atom stereocenters. The Hall–Kier alpha value is -2.30. The lowest BCUT2D eigenvalue weighted by Crippen LogP contribution is -2.20. The van der Waals surface area contributed by atoms with Gasteiger partial charge in [0.15, 0.2) is 0 Å². The summed E-state index contributed by atoms with van der Waals surface area (Å²) < 4.78 is 7.42. The fourth-order valence-corrected chi connectivity index (χ4v) is 2.53. The zero-order valence-electron chi connectivity index (χ0n) is 16.3. The number of ether oxygens (including phenoxy) is 1. The lowest BCUT2D eigenvalue weighted by Gasteiger charge is -2.24. The Labute approximate surface area is 150 Å². The van der Waals surface area contributed by atoms with E-state index in [1.54, 1.807) is 10.9 Å². The van der Waals surface area contributed by atoms with E-state index in [0.717, 1.165) is 16.9 Å². The van der Waals surface area contributed by atoms with Crippen LogP contribution in [0.2, 0.25) is 0 Å². The van der Waals surface area contributed by atoms with Crippen molar-refractivity contribution in [3.63, 3.8) is 0 Å². The molecule has 0 aliphatic rings. The highest BCUT2D eigenvalue weighted by Crippen LogP contribution is 2.35. The molecule has 0 saturated carbocycles. The van der Waals surface area contributed by atoms with Gasteiger partial charge in [-0.2, -0.15) is 5.10 Å². The summed E-state index contributed by atoms with van der Waals surface area (Å²) in [6, 6.07) is 5.81. The third-order valence-corrected chi connectivity index (χ3v) is 3.68. The van der Waals surface area contributed by atoms with E-state index in [4.69, 9.17) is 4.74 Å². The molecule has 0 aliphatic heterocycles. The summed E-state index contributed by atoms with van der Waals surface area (Å²) in [4.78, 5) is 12.2. The van der Waals surface area contributed by atoms with Crippen LogP contribution in [0.25, 0.3) is 0 Å². The molecule has 2 aromatic rings. The Kier molecular flexibility index (Phi) is 5.26. The van der Waals surface area contributed by atoms with Gasteiger partial charge in [-0.15, -0.1) is 0 Å². The number of benzene rings is 1. The molecule has 136 valence electrons. The minimum atomic E-state index is -0.203. The van der Waals surface area contributed by atoms with Gasteiger partial charge in [-0.3, -0.25) is 9.48 Å². The summed E-state index contributed by atoms with van der Waals surface area (Å²) in [7, 11) is 1.88. The predicted octanol–water partition coefficient (Wildman–Crippen LogP) is 4.80. The van der Waals surface area contributed by atoms with Gasteiger partial charge in [-0.05, 0) is 29.0 Å². The molecule has 1 N–H and O–H groups in total. The Bertz CT molecular complexity index is 749. The van der Waals surface area contributed by atoms with E-state index in [0.29, 0.717) is 12.2 Å². The van der Waals surface area contributed by atoms with Crippen LogP contribution < -0.4 is 10.1 Å². The molecule has 0 aliphatic carbocycles. The van der Waals surface area contributed by atoms with Gasteiger partial charge in [0.2, 0.25) is 0 Å². The number of anilines is 2. The van der Waals surface area contributed by atoms with E-state index < -0.39 is 0 Å². The summed E-state index contributed by atoms with van der Waals surface area (Å²) >= 11 is 0. The zero-order chi connectivity index (χ0) is 18.8. The molecule has 0 radical (unpaired) electrons. The second kappa shape index (κ2) is 6.90. The molecule has 0 fully saturated rings. The van der Waals surface area contributed by atoms with E-state index in [1.807, 2.05) is 52.2 Å². The fraction of sp³-hybridized carbons (Fsp3) is 0.500. The SMILES string of the molecule is Cn1cc(Nc2ccc(OC(=O)CC(C)(C)C)c(C(C)(C)C)c2)cn1. The Morgan fingerprint density at radius 3 is 2.36 bits per heavy atom. The third-order valence-electron chi connectivity index (χ3n) is 3.68. The highest BCUT2D eigenvalue weighted by Gasteiger charge is 2.23. The van der Waals surface area contributed by atoms with Gasteiger partial charge in [0.05, 0.1) is 18.3 Å². The van der Waals surface area contributed by atoms with Crippen molar-refractivity contribution in [3.05, 3.63) is 36.2 Å². The van der Waals surface area contributed by atoms with Crippen molar-refractivity contribution in [1.82, 2.24) is 9.78 Å². The van der Waals surface area contributed by atoms with Crippen molar-refractivity contribution in [2.24, 2.45) is 12.5 Å². The summed E-state index contributed by atoms with van der Waals surface area (Å²) in [5.74, 6) is 0.421. The van der Waals surface area contributed by atoms with Crippen LogP contribution in [-0.4, -0.2) is 15.7 Å². The molecule has 0 amide bonds. The average molecular weight is 343 g/mol. The average Bonchev–Trinajstić information content (AvgIpc) is 2.82. The number of carbonyl (C=O) groups excluding carboxylic acids is 1. The summed E-state index contributed by atoms with van der Waals surface area (Å²) in [5.41, 5.74) is 2.60. The highest BCUT2D eigenvalue weighted by atomic mass is 16.5. The van der Waals surface area contributed by atoms with Crippen LogP contribution in [0.15, 0.2) is 30.6 Å². The Balaban J connectivity index is 2.26. The standard InChI is InChI=1S/C20H29N3O2/c1-19(2,3)11-18(24)25-17-9-8-14(10-16(17)20(4,5)6)22-15-12-21-23(7)13-15/h8-10,12-13,22H,11H2,1-7H3. The molecule has 0 spiro atoms. The Morgan fingerprint density at radius 2 is 1.84 bits per heavy atom. The number of nitrogens with zero attached hydrogens (tertiary/aromatic N) is 2. The maximum atomic E-state index is 12.2. The number of aryl methyl sites for hydroxylation is 1. The molecule has 5 nitrogen and oxygen atoms in total. The number of rotatable bonds is 4. The van der Waals surface area contributed by atoms with Crippen molar-refractivity contribution >= 4 is 17.3 Å². The topological polar surface area (TPSA) is 56.2 Å². The quantitative estimate of drug-likeness (QED) is 0.640. The van der Waals surface area contributed by atoms with Gasteiger partial charge in [0.1, 0.15) is 5.75 Å². The molecule has 0 bridgehead atoms. The fourth-order valence-electron chi connectivity index (χ4n) is 2.53. The normalized spacial score (nSPS) is 12.1. The lowest BCUT2D eigenvalue weighted by molar-refractivity contribution is -0.136. The molecular weight excluding hydrogens is 314 g/mol.